The summed E-state index contributed by atoms with van der Waals surface area (Å²) < 4.78 is 15.9. The number of amides is 1. The van der Waals surface area contributed by atoms with Gasteiger partial charge in [-0.3, -0.25) is 9.78 Å². The van der Waals surface area contributed by atoms with E-state index >= 15 is 0 Å². The number of rotatable bonds is 5. The zero-order valence-electron chi connectivity index (χ0n) is 16.0. The third-order valence-corrected chi connectivity index (χ3v) is 5.02. The van der Waals surface area contributed by atoms with E-state index in [1.165, 1.54) is 0 Å². The minimum atomic E-state index is -0.160. The van der Waals surface area contributed by atoms with Crippen molar-refractivity contribution >= 4 is 5.91 Å². The maximum Gasteiger partial charge on any atom is 0.276 e. The average Bonchev–Trinajstić information content (AvgIpc) is 3.55. The lowest BCUT2D eigenvalue weighted by atomic mass is 9.94. The van der Waals surface area contributed by atoms with E-state index in [0.717, 1.165) is 12.8 Å². The smallest absolute Gasteiger partial charge is 0.276 e. The van der Waals surface area contributed by atoms with Crippen LogP contribution in [0.25, 0.3) is 23.0 Å². The van der Waals surface area contributed by atoms with Gasteiger partial charge in [-0.05, 0) is 30.9 Å². The molecule has 4 aromatic rings. The second-order valence-corrected chi connectivity index (χ2v) is 7.12. The van der Waals surface area contributed by atoms with Crippen molar-refractivity contribution in [3.8, 4) is 23.0 Å². The lowest BCUT2D eigenvalue weighted by Crippen LogP contribution is -2.40. The van der Waals surface area contributed by atoms with E-state index in [4.69, 9.17) is 13.5 Å². The Morgan fingerprint density at radius 1 is 1.20 bits per heavy atom. The van der Waals surface area contributed by atoms with Crippen molar-refractivity contribution < 1.29 is 18.3 Å². The number of nitrogens with zero attached hydrogens (tertiary/aromatic N) is 6. The first kappa shape index (κ1) is 18.2. The molecule has 1 fully saturated rings. The number of piperidine rings is 1. The third-order valence-electron chi connectivity index (χ3n) is 5.02. The lowest BCUT2D eigenvalue weighted by molar-refractivity contribution is 0.0657. The van der Waals surface area contributed by atoms with Gasteiger partial charge in [-0.2, -0.15) is 4.98 Å². The Hall–Kier alpha value is -3.82. The Balaban J connectivity index is 1.24. The SMILES string of the molecule is O=C(c1cc(-c2ccco2)on1)N1CCC[C@@H](Cc2nc(-c3cnccn3)no2)C1. The normalized spacial score (nSPS) is 16.7. The Morgan fingerprint density at radius 2 is 2.17 bits per heavy atom. The Morgan fingerprint density at radius 3 is 3.00 bits per heavy atom. The highest BCUT2D eigenvalue weighted by Crippen LogP contribution is 2.25. The molecule has 0 spiro atoms. The monoisotopic (exact) mass is 406 g/mol. The standard InChI is InChI=1S/C20H18N6O4/c27-20(14-10-17(29-24-14)16-4-2-8-28-16)26-7-1-3-13(12-26)9-18-23-19(25-30-18)15-11-21-5-6-22-15/h2,4-6,8,10-11,13H,1,3,7,9,12H2/t13-/m0/s1. The summed E-state index contributed by atoms with van der Waals surface area (Å²) in [5, 5.41) is 7.89. The second-order valence-electron chi connectivity index (χ2n) is 7.12. The van der Waals surface area contributed by atoms with Gasteiger partial charge in [0.2, 0.25) is 17.5 Å². The third kappa shape index (κ3) is 3.71. The van der Waals surface area contributed by atoms with Crippen LogP contribution in [0.5, 0.6) is 0 Å². The number of hydrogen-bond donors (Lipinski definition) is 0. The summed E-state index contributed by atoms with van der Waals surface area (Å²) >= 11 is 0. The first-order chi connectivity index (χ1) is 14.8. The van der Waals surface area contributed by atoms with Crippen LogP contribution in [-0.2, 0) is 6.42 Å². The van der Waals surface area contributed by atoms with Crippen LogP contribution in [0.3, 0.4) is 0 Å². The number of carbonyl (C=O) groups excluding carboxylic acids is 1. The quantitative estimate of drug-likeness (QED) is 0.492. The highest BCUT2D eigenvalue weighted by atomic mass is 16.5. The molecule has 1 atom stereocenters. The largest absolute Gasteiger partial charge is 0.461 e. The fourth-order valence-electron chi connectivity index (χ4n) is 3.59. The van der Waals surface area contributed by atoms with E-state index in [-0.39, 0.29) is 17.5 Å². The Labute approximate surface area is 170 Å². The van der Waals surface area contributed by atoms with Crippen LogP contribution < -0.4 is 0 Å². The number of hydrogen-bond acceptors (Lipinski definition) is 9. The molecule has 5 heterocycles. The van der Waals surface area contributed by atoms with Crippen molar-refractivity contribution in [1.29, 1.82) is 0 Å². The maximum atomic E-state index is 12.9. The molecule has 0 bridgehead atoms. The van der Waals surface area contributed by atoms with Crippen molar-refractivity contribution in [3.05, 3.63) is 54.6 Å². The molecule has 0 saturated carbocycles. The molecule has 0 aliphatic carbocycles. The topological polar surface area (TPSA) is 124 Å². The summed E-state index contributed by atoms with van der Waals surface area (Å²) in [5.74, 6) is 1.96. The summed E-state index contributed by atoms with van der Waals surface area (Å²) in [6, 6.07) is 5.11. The van der Waals surface area contributed by atoms with Gasteiger partial charge in [-0.1, -0.05) is 10.3 Å². The summed E-state index contributed by atoms with van der Waals surface area (Å²) in [6.45, 7) is 1.26. The van der Waals surface area contributed by atoms with Crippen molar-refractivity contribution in [3.63, 3.8) is 0 Å². The minimum absolute atomic E-state index is 0.160. The van der Waals surface area contributed by atoms with Gasteiger partial charge in [0.25, 0.3) is 5.91 Å². The molecule has 5 rings (SSSR count). The van der Waals surface area contributed by atoms with Crippen molar-refractivity contribution in [2.24, 2.45) is 5.92 Å². The van der Waals surface area contributed by atoms with Gasteiger partial charge < -0.3 is 18.4 Å². The predicted molar refractivity (Wildman–Crippen MR) is 102 cm³/mol. The minimum Gasteiger partial charge on any atom is -0.461 e. The molecule has 10 heteroatoms. The van der Waals surface area contributed by atoms with Crippen LogP contribution in [0.15, 0.2) is 56.5 Å². The number of aromatic nitrogens is 5. The molecule has 30 heavy (non-hydrogen) atoms. The summed E-state index contributed by atoms with van der Waals surface area (Å²) in [5.41, 5.74) is 0.830. The number of carbonyl (C=O) groups is 1. The zero-order chi connectivity index (χ0) is 20.3. The molecule has 1 aliphatic rings. The maximum absolute atomic E-state index is 12.9. The zero-order valence-corrected chi connectivity index (χ0v) is 16.0. The van der Waals surface area contributed by atoms with Crippen LogP contribution in [0.1, 0.15) is 29.2 Å². The van der Waals surface area contributed by atoms with Crippen LogP contribution in [0.2, 0.25) is 0 Å². The molecular weight excluding hydrogens is 388 g/mol. The fourth-order valence-corrected chi connectivity index (χ4v) is 3.59. The molecule has 10 nitrogen and oxygen atoms in total. The second kappa shape index (κ2) is 7.90. The average molecular weight is 406 g/mol. The van der Waals surface area contributed by atoms with Crippen molar-refractivity contribution in [1.82, 2.24) is 30.2 Å². The van der Waals surface area contributed by atoms with Gasteiger partial charge in [0, 0.05) is 38.0 Å². The first-order valence-electron chi connectivity index (χ1n) is 9.65. The molecule has 4 aromatic heterocycles. The van der Waals surface area contributed by atoms with E-state index in [0.29, 0.717) is 48.4 Å². The summed E-state index contributed by atoms with van der Waals surface area (Å²) in [6.07, 6.45) is 8.76. The van der Waals surface area contributed by atoms with Crippen molar-refractivity contribution in [2.45, 2.75) is 19.3 Å². The van der Waals surface area contributed by atoms with Crippen LogP contribution in [0, 0.1) is 5.92 Å². The van der Waals surface area contributed by atoms with Gasteiger partial charge in [0.1, 0.15) is 5.69 Å². The van der Waals surface area contributed by atoms with Gasteiger partial charge in [0.15, 0.2) is 11.5 Å². The summed E-state index contributed by atoms with van der Waals surface area (Å²) in [7, 11) is 0. The van der Waals surface area contributed by atoms with E-state index in [1.54, 1.807) is 48.0 Å². The van der Waals surface area contributed by atoms with Crippen LogP contribution in [0.4, 0.5) is 0 Å². The lowest BCUT2D eigenvalue weighted by Gasteiger charge is -2.31. The predicted octanol–water partition coefficient (Wildman–Crippen LogP) is 2.87. The van der Waals surface area contributed by atoms with Crippen molar-refractivity contribution in [2.75, 3.05) is 13.1 Å². The van der Waals surface area contributed by atoms with Gasteiger partial charge in [-0.25, -0.2) is 4.98 Å². The molecule has 0 N–H and O–H groups in total. The molecular formula is C20H18N6O4. The molecule has 152 valence electrons. The molecule has 0 aromatic carbocycles. The van der Waals surface area contributed by atoms with E-state index in [9.17, 15) is 4.79 Å². The van der Waals surface area contributed by atoms with E-state index in [2.05, 4.69) is 25.3 Å². The Kier molecular flexibility index (Phi) is 4.80. The molecule has 0 radical (unpaired) electrons. The van der Waals surface area contributed by atoms with E-state index < -0.39 is 0 Å². The highest BCUT2D eigenvalue weighted by Gasteiger charge is 2.28. The molecule has 0 unspecified atom stereocenters. The van der Waals surface area contributed by atoms with Crippen LogP contribution in [-0.4, -0.2) is 49.2 Å². The van der Waals surface area contributed by atoms with Gasteiger partial charge in [0.05, 0.1) is 12.5 Å². The molecule has 1 saturated heterocycles. The molecule has 1 aliphatic heterocycles. The van der Waals surface area contributed by atoms with Gasteiger partial charge >= 0.3 is 0 Å². The van der Waals surface area contributed by atoms with Crippen LogP contribution >= 0.6 is 0 Å². The number of furan rings is 1. The number of likely N-dealkylation sites (tertiary alicyclic amines) is 1. The highest BCUT2D eigenvalue weighted by molar-refractivity contribution is 5.93. The Bertz CT molecular complexity index is 1120. The first-order valence-corrected chi connectivity index (χ1v) is 9.65. The fraction of sp³-hybridized carbons (Fsp3) is 0.300. The molecule has 1 amide bonds. The van der Waals surface area contributed by atoms with Gasteiger partial charge in [-0.15, -0.1) is 0 Å². The summed E-state index contributed by atoms with van der Waals surface area (Å²) in [4.78, 5) is 27.3. The van der Waals surface area contributed by atoms with E-state index in [1.807, 2.05) is 0 Å².